The third kappa shape index (κ3) is 4.91. The third-order valence-corrected chi connectivity index (χ3v) is 4.01. The van der Waals surface area contributed by atoms with Crippen LogP contribution in [-0.4, -0.2) is 39.5 Å². The number of nitrogens with zero attached hydrogens (tertiary/aromatic N) is 3. The van der Waals surface area contributed by atoms with Crippen molar-refractivity contribution in [3.05, 3.63) is 40.7 Å². The number of aromatic nitrogens is 3. The molecular weight excluding hydrogens is 332 g/mol. The van der Waals surface area contributed by atoms with Crippen LogP contribution in [0, 0.1) is 20.8 Å². The first-order valence-electron chi connectivity index (χ1n) is 8.79. The van der Waals surface area contributed by atoms with E-state index in [1.54, 1.807) is 6.92 Å². The molecule has 0 bridgehead atoms. The highest BCUT2D eigenvalue weighted by Gasteiger charge is 2.20. The van der Waals surface area contributed by atoms with Crippen LogP contribution in [-0.2, 0) is 9.53 Å². The molecular formula is C19H26N4O3. The number of carbonyl (C=O) groups is 2. The molecule has 1 aromatic carbocycles. The van der Waals surface area contributed by atoms with E-state index in [4.69, 9.17) is 4.74 Å². The molecule has 0 spiro atoms. The van der Waals surface area contributed by atoms with Crippen molar-refractivity contribution in [3.63, 3.8) is 0 Å². The summed E-state index contributed by atoms with van der Waals surface area (Å²) in [5.74, 6) is -0.976. The molecule has 7 nitrogen and oxygen atoms in total. The Kier molecular flexibility index (Phi) is 6.49. The van der Waals surface area contributed by atoms with Crippen molar-refractivity contribution in [1.29, 1.82) is 0 Å². The van der Waals surface area contributed by atoms with Crippen LogP contribution in [0.2, 0.25) is 0 Å². The van der Waals surface area contributed by atoms with Crippen molar-refractivity contribution in [2.24, 2.45) is 0 Å². The lowest BCUT2D eigenvalue weighted by atomic mass is 10.1. The predicted octanol–water partition coefficient (Wildman–Crippen LogP) is 2.65. The van der Waals surface area contributed by atoms with E-state index in [1.165, 1.54) is 4.80 Å². The van der Waals surface area contributed by atoms with Gasteiger partial charge in [0.15, 0.2) is 12.3 Å². The highest BCUT2D eigenvalue weighted by Crippen LogP contribution is 2.15. The smallest absolute Gasteiger partial charge is 0.361 e. The molecule has 0 saturated carbocycles. The van der Waals surface area contributed by atoms with Gasteiger partial charge in [-0.05, 0) is 45.7 Å². The average Bonchev–Trinajstić information content (AvgIpc) is 2.94. The number of nitrogens with one attached hydrogen (secondary N) is 1. The topological polar surface area (TPSA) is 86.1 Å². The van der Waals surface area contributed by atoms with Crippen molar-refractivity contribution < 1.29 is 14.3 Å². The van der Waals surface area contributed by atoms with E-state index in [1.807, 2.05) is 45.9 Å². The third-order valence-electron chi connectivity index (χ3n) is 4.01. The van der Waals surface area contributed by atoms with Gasteiger partial charge in [0.1, 0.15) is 0 Å². The largest absolute Gasteiger partial charge is 0.451 e. The first kappa shape index (κ1) is 19.6. The Morgan fingerprint density at radius 1 is 1.23 bits per heavy atom. The fourth-order valence-corrected chi connectivity index (χ4v) is 2.73. The van der Waals surface area contributed by atoms with Crippen LogP contribution in [0.15, 0.2) is 18.2 Å². The summed E-state index contributed by atoms with van der Waals surface area (Å²) in [6.07, 6.45) is 1.85. The molecule has 0 unspecified atom stereocenters. The van der Waals surface area contributed by atoms with E-state index in [0.717, 1.165) is 29.7 Å². The van der Waals surface area contributed by atoms with E-state index in [2.05, 4.69) is 15.5 Å². The standard InChI is InChI=1S/C19H26N4O3/c1-6-7-14(4)20-17(24)11-26-19(25)18-15(5)21-23(22-18)16-9-8-12(2)10-13(16)3/h8-10,14H,6-7,11H2,1-5H3,(H,20,24)/t14-/m0/s1. The van der Waals surface area contributed by atoms with Crippen LogP contribution in [0.4, 0.5) is 0 Å². The van der Waals surface area contributed by atoms with Crippen LogP contribution in [0.25, 0.3) is 5.69 Å². The molecule has 0 aliphatic heterocycles. The maximum absolute atomic E-state index is 12.2. The van der Waals surface area contributed by atoms with Gasteiger partial charge in [0.2, 0.25) is 0 Å². The van der Waals surface area contributed by atoms with E-state index >= 15 is 0 Å². The zero-order chi connectivity index (χ0) is 19.3. The van der Waals surface area contributed by atoms with Crippen LogP contribution >= 0.6 is 0 Å². The molecule has 0 radical (unpaired) electrons. The molecule has 1 amide bonds. The molecule has 0 aliphatic rings. The molecule has 1 aromatic heterocycles. The van der Waals surface area contributed by atoms with Gasteiger partial charge in [-0.25, -0.2) is 4.79 Å². The molecule has 0 saturated heterocycles. The fraction of sp³-hybridized carbons (Fsp3) is 0.474. The number of aryl methyl sites for hydroxylation is 3. The summed E-state index contributed by atoms with van der Waals surface area (Å²) >= 11 is 0. The first-order valence-corrected chi connectivity index (χ1v) is 8.79. The Balaban J connectivity index is 2.04. The van der Waals surface area contributed by atoms with Crippen molar-refractivity contribution in [2.45, 2.75) is 53.5 Å². The SMILES string of the molecule is CCC[C@H](C)NC(=O)COC(=O)c1nn(-c2ccc(C)cc2C)nc1C. The van der Waals surface area contributed by atoms with Crippen LogP contribution in [0.3, 0.4) is 0 Å². The zero-order valence-electron chi connectivity index (χ0n) is 16.0. The number of amides is 1. The Morgan fingerprint density at radius 3 is 2.62 bits per heavy atom. The number of hydrogen-bond acceptors (Lipinski definition) is 5. The summed E-state index contributed by atoms with van der Waals surface area (Å²) in [5.41, 5.74) is 3.50. The minimum absolute atomic E-state index is 0.0540. The quantitative estimate of drug-likeness (QED) is 0.769. The minimum atomic E-state index is -0.656. The van der Waals surface area contributed by atoms with Gasteiger partial charge in [-0.2, -0.15) is 9.90 Å². The molecule has 2 aromatic rings. The molecule has 0 aliphatic carbocycles. The van der Waals surface area contributed by atoms with E-state index in [9.17, 15) is 9.59 Å². The summed E-state index contributed by atoms with van der Waals surface area (Å²) in [6, 6.07) is 5.94. The van der Waals surface area contributed by atoms with Crippen LogP contribution in [0.5, 0.6) is 0 Å². The second kappa shape index (κ2) is 8.60. The average molecular weight is 358 g/mol. The van der Waals surface area contributed by atoms with Gasteiger partial charge in [0.25, 0.3) is 5.91 Å². The molecule has 26 heavy (non-hydrogen) atoms. The van der Waals surface area contributed by atoms with Gasteiger partial charge >= 0.3 is 5.97 Å². The number of ether oxygens (including phenoxy) is 1. The fourth-order valence-electron chi connectivity index (χ4n) is 2.73. The van der Waals surface area contributed by atoms with Gasteiger partial charge in [-0.15, -0.1) is 5.10 Å². The molecule has 2 rings (SSSR count). The second-order valence-corrected chi connectivity index (χ2v) is 6.55. The normalized spacial score (nSPS) is 11.9. The van der Waals surface area contributed by atoms with Gasteiger partial charge in [-0.1, -0.05) is 31.0 Å². The number of benzene rings is 1. The van der Waals surface area contributed by atoms with E-state index < -0.39 is 5.97 Å². The molecule has 0 fully saturated rings. The predicted molar refractivity (Wildman–Crippen MR) is 98.4 cm³/mol. The zero-order valence-corrected chi connectivity index (χ0v) is 16.0. The molecule has 7 heteroatoms. The maximum Gasteiger partial charge on any atom is 0.361 e. The lowest BCUT2D eigenvalue weighted by molar-refractivity contribution is -0.124. The number of rotatable bonds is 7. The lowest BCUT2D eigenvalue weighted by Crippen LogP contribution is -2.35. The minimum Gasteiger partial charge on any atom is -0.451 e. The molecule has 1 atom stereocenters. The van der Waals surface area contributed by atoms with E-state index in [-0.39, 0.29) is 24.2 Å². The van der Waals surface area contributed by atoms with Gasteiger partial charge < -0.3 is 10.1 Å². The molecule has 1 N–H and O–H groups in total. The summed E-state index contributed by atoms with van der Waals surface area (Å²) in [6.45, 7) is 9.29. The van der Waals surface area contributed by atoms with Crippen molar-refractivity contribution in [1.82, 2.24) is 20.3 Å². The summed E-state index contributed by atoms with van der Waals surface area (Å²) < 4.78 is 5.08. The Labute approximate surface area is 153 Å². The highest BCUT2D eigenvalue weighted by molar-refractivity contribution is 5.90. The monoisotopic (exact) mass is 358 g/mol. The highest BCUT2D eigenvalue weighted by atomic mass is 16.5. The van der Waals surface area contributed by atoms with Gasteiger partial charge in [-0.3, -0.25) is 4.79 Å². The van der Waals surface area contributed by atoms with Gasteiger partial charge in [0, 0.05) is 6.04 Å². The number of hydrogen-bond donors (Lipinski definition) is 1. The van der Waals surface area contributed by atoms with E-state index in [0.29, 0.717) is 5.69 Å². The molecule has 1 heterocycles. The van der Waals surface area contributed by atoms with Crippen molar-refractivity contribution in [3.8, 4) is 5.69 Å². The molecule has 140 valence electrons. The van der Waals surface area contributed by atoms with Crippen molar-refractivity contribution >= 4 is 11.9 Å². The second-order valence-electron chi connectivity index (χ2n) is 6.55. The van der Waals surface area contributed by atoms with Gasteiger partial charge in [0.05, 0.1) is 11.4 Å². The Morgan fingerprint density at radius 2 is 1.96 bits per heavy atom. The Hall–Kier alpha value is -2.70. The van der Waals surface area contributed by atoms with Crippen LogP contribution < -0.4 is 5.32 Å². The summed E-state index contributed by atoms with van der Waals surface area (Å²) in [7, 11) is 0. The summed E-state index contributed by atoms with van der Waals surface area (Å²) in [4.78, 5) is 25.5. The maximum atomic E-state index is 12.2. The Bertz CT molecular complexity index is 798. The number of carbonyl (C=O) groups excluding carboxylic acids is 2. The lowest BCUT2D eigenvalue weighted by Gasteiger charge is -2.12. The first-order chi connectivity index (χ1) is 12.3. The summed E-state index contributed by atoms with van der Waals surface area (Å²) in [5, 5.41) is 11.3. The van der Waals surface area contributed by atoms with Crippen LogP contribution in [0.1, 0.15) is 54.0 Å². The number of esters is 1. The van der Waals surface area contributed by atoms with Crippen molar-refractivity contribution in [2.75, 3.05) is 6.61 Å².